The predicted molar refractivity (Wildman–Crippen MR) is 119 cm³/mol. The fourth-order valence-electron chi connectivity index (χ4n) is 3.74. The molecule has 0 fully saturated rings. The summed E-state index contributed by atoms with van der Waals surface area (Å²) in [7, 11) is 0. The van der Waals surface area contributed by atoms with Crippen molar-refractivity contribution < 1.29 is 23.9 Å². The fourth-order valence-corrected chi connectivity index (χ4v) is 3.74. The number of esters is 2. The van der Waals surface area contributed by atoms with E-state index in [2.05, 4.69) is 0 Å². The highest BCUT2D eigenvalue weighted by molar-refractivity contribution is 6.08. The van der Waals surface area contributed by atoms with Gasteiger partial charge >= 0.3 is 11.9 Å². The molecule has 5 heteroatoms. The summed E-state index contributed by atoms with van der Waals surface area (Å²) >= 11 is 0. The van der Waals surface area contributed by atoms with E-state index in [1.165, 1.54) is 0 Å². The van der Waals surface area contributed by atoms with Crippen LogP contribution >= 0.6 is 0 Å². The summed E-state index contributed by atoms with van der Waals surface area (Å²) in [5.41, 5.74) is -0.568. The molecule has 0 unspecified atom stereocenters. The molecule has 31 heavy (non-hydrogen) atoms. The first kappa shape index (κ1) is 22.2. The SMILES string of the molecule is CCOC(=O)C(CC(=O)c1ccccc1)(Cc1cccc2ccccc12)C(=O)OCC. The van der Waals surface area contributed by atoms with Crippen molar-refractivity contribution in [3.05, 3.63) is 83.9 Å². The van der Waals surface area contributed by atoms with Crippen LogP contribution in [0.2, 0.25) is 0 Å². The highest BCUT2D eigenvalue weighted by atomic mass is 16.6. The zero-order chi connectivity index (χ0) is 22.3. The minimum Gasteiger partial charge on any atom is -0.465 e. The Labute approximate surface area is 182 Å². The molecule has 0 N–H and O–H groups in total. The van der Waals surface area contributed by atoms with Gasteiger partial charge in [0, 0.05) is 18.4 Å². The Morgan fingerprint density at radius 1 is 0.742 bits per heavy atom. The Morgan fingerprint density at radius 2 is 1.32 bits per heavy atom. The molecule has 0 saturated carbocycles. The molecule has 0 heterocycles. The second kappa shape index (κ2) is 10.0. The van der Waals surface area contributed by atoms with Crippen LogP contribution in [0.5, 0.6) is 0 Å². The minimum absolute atomic E-state index is 0.00456. The van der Waals surface area contributed by atoms with Gasteiger partial charge in [0.05, 0.1) is 13.2 Å². The molecule has 160 valence electrons. The molecular formula is C26H26O5. The highest BCUT2D eigenvalue weighted by Gasteiger charge is 2.50. The minimum atomic E-state index is -1.77. The van der Waals surface area contributed by atoms with E-state index in [0.29, 0.717) is 5.56 Å². The number of carbonyl (C=O) groups excluding carboxylic acids is 3. The summed E-state index contributed by atoms with van der Waals surface area (Å²) < 4.78 is 10.6. The first-order valence-corrected chi connectivity index (χ1v) is 10.4. The summed E-state index contributed by atoms with van der Waals surface area (Å²) in [5.74, 6) is -1.81. The number of ketones is 1. The number of hydrogen-bond acceptors (Lipinski definition) is 5. The highest BCUT2D eigenvalue weighted by Crippen LogP contribution is 2.35. The molecule has 0 aromatic heterocycles. The molecule has 3 aromatic carbocycles. The van der Waals surface area contributed by atoms with Crippen LogP contribution in [-0.4, -0.2) is 30.9 Å². The summed E-state index contributed by atoms with van der Waals surface area (Å²) in [6.45, 7) is 3.53. The quantitative estimate of drug-likeness (QED) is 0.284. The van der Waals surface area contributed by atoms with Crippen LogP contribution in [-0.2, 0) is 25.5 Å². The third-order valence-electron chi connectivity index (χ3n) is 5.26. The Bertz CT molecular complexity index is 1050. The lowest BCUT2D eigenvalue weighted by atomic mass is 9.75. The van der Waals surface area contributed by atoms with Crippen LogP contribution in [0.1, 0.15) is 36.2 Å². The molecule has 0 aliphatic heterocycles. The third kappa shape index (κ3) is 4.82. The normalized spacial score (nSPS) is 11.2. The van der Waals surface area contributed by atoms with Crippen LogP contribution in [0.3, 0.4) is 0 Å². The Hall–Kier alpha value is -3.47. The maximum absolute atomic E-state index is 13.2. The average Bonchev–Trinajstić information content (AvgIpc) is 2.79. The molecule has 0 aliphatic rings. The number of fused-ring (bicyclic) bond motifs is 1. The zero-order valence-electron chi connectivity index (χ0n) is 17.8. The molecule has 0 saturated heterocycles. The Balaban J connectivity index is 2.11. The molecule has 3 rings (SSSR count). The van der Waals surface area contributed by atoms with Crippen molar-refractivity contribution in [2.75, 3.05) is 13.2 Å². The van der Waals surface area contributed by atoms with Gasteiger partial charge in [-0.1, -0.05) is 72.8 Å². The lowest BCUT2D eigenvalue weighted by molar-refractivity contribution is -0.172. The summed E-state index contributed by atoms with van der Waals surface area (Å²) in [6.07, 6.45) is -0.331. The molecule has 3 aromatic rings. The topological polar surface area (TPSA) is 69.7 Å². The molecule has 0 radical (unpaired) electrons. The lowest BCUT2D eigenvalue weighted by Gasteiger charge is -2.29. The molecule has 5 nitrogen and oxygen atoms in total. The second-order valence-electron chi connectivity index (χ2n) is 7.30. The van der Waals surface area contributed by atoms with Crippen molar-refractivity contribution >= 4 is 28.5 Å². The van der Waals surface area contributed by atoms with Crippen LogP contribution in [0.4, 0.5) is 0 Å². The standard InChI is InChI=1S/C26H26O5/c1-3-30-24(28)26(25(29)31-4-2,18-23(27)20-12-6-5-7-13-20)17-21-15-10-14-19-11-8-9-16-22(19)21/h5-16H,3-4,17-18H2,1-2H3. The van der Waals surface area contributed by atoms with Crippen molar-refractivity contribution in [3.63, 3.8) is 0 Å². The van der Waals surface area contributed by atoms with E-state index >= 15 is 0 Å². The molecule has 0 atom stereocenters. The fraction of sp³-hybridized carbons (Fsp3) is 0.269. The number of carbonyl (C=O) groups is 3. The van der Waals surface area contributed by atoms with Crippen LogP contribution in [0.15, 0.2) is 72.8 Å². The monoisotopic (exact) mass is 418 g/mol. The van der Waals surface area contributed by atoms with Crippen molar-refractivity contribution in [1.29, 1.82) is 0 Å². The Morgan fingerprint density at radius 3 is 1.97 bits per heavy atom. The maximum atomic E-state index is 13.2. The first-order chi connectivity index (χ1) is 15.0. The maximum Gasteiger partial charge on any atom is 0.324 e. The van der Waals surface area contributed by atoms with Crippen molar-refractivity contribution in [1.82, 2.24) is 0 Å². The molecule has 0 aliphatic carbocycles. The number of ether oxygens (including phenoxy) is 2. The van der Waals surface area contributed by atoms with E-state index in [9.17, 15) is 14.4 Å². The summed E-state index contributed by atoms with van der Waals surface area (Å²) in [4.78, 5) is 39.5. The summed E-state index contributed by atoms with van der Waals surface area (Å²) in [5, 5.41) is 1.89. The first-order valence-electron chi connectivity index (χ1n) is 10.4. The van der Waals surface area contributed by atoms with Gasteiger partial charge in [-0.2, -0.15) is 0 Å². The molecule has 0 amide bonds. The van der Waals surface area contributed by atoms with Gasteiger partial charge in [-0.25, -0.2) is 0 Å². The van der Waals surface area contributed by atoms with E-state index < -0.39 is 17.4 Å². The van der Waals surface area contributed by atoms with Crippen LogP contribution in [0, 0.1) is 5.41 Å². The number of Topliss-reactive ketones (excluding diaryl/α,β-unsaturated/α-hetero) is 1. The molecule has 0 spiro atoms. The third-order valence-corrected chi connectivity index (χ3v) is 5.26. The van der Waals surface area contributed by atoms with Gasteiger partial charge in [0.1, 0.15) is 0 Å². The van der Waals surface area contributed by atoms with Crippen LogP contribution in [0.25, 0.3) is 10.8 Å². The van der Waals surface area contributed by atoms with E-state index in [1.54, 1.807) is 44.2 Å². The van der Waals surface area contributed by atoms with Gasteiger partial charge in [-0.05, 0) is 30.2 Å². The number of hydrogen-bond donors (Lipinski definition) is 0. The average molecular weight is 418 g/mol. The van der Waals surface area contributed by atoms with E-state index in [1.807, 2.05) is 42.5 Å². The molecule has 0 bridgehead atoms. The number of benzene rings is 3. The van der Waals surface area contributed by atoms with Gasteiger partial charge in [-0.15, -0.1) is 0 Å². The lowest BCUT2D eigenvalue weighted by Crippen LogP contribution is -2.45. The number of rotatable bonds is 9. The van der Waals surface area contributed by atoms with E-state index in [0.717, 1.165) is 16.3 Å². The largest absolute Gasteiger partial charge is 0.465 e. The van der Waals surface area contributed by atoms with E-state index in [-0.39, 0.29) is 31.8 Å². The van der Waals surface area contributed by atoms with Gasteiger partial charge in [0.2, 0.25) is 0 Å². The smallest absolute Gasteiger partial charge is 0.324 e. The van der Waals surface area contributed by atoms with Crippen molar-refractivity contribution in [3.8, 4) is 0 Å². The van der Waals surface area contributed by atoms with Gasteiger partial charge in [0.25, 0.3) is 0 Å². The summed E-state index contributed by atoms with van der Waals surface area (Å²) in [6, 6.07) is 22.0. The van der Waals surface area contributed by atoms with Crippen LogP contribution < -0.4 is 0 Å². The van der Waals surface area contributed by atoms with E-state index in [4.69, 9.17) is 9.47 Å². The zero-order valence-corrected chi connectivity index (χ0v) is 17.8. The van der Waals surface area contributed by atoms with Gasteiger partial charge < -0.3 is 9.47 Å². The van der Waals surface area contributed by atoms with Crippen molar-refractivity contribution in [2.45, 2.75) is 26.7 Å². The predicted octanol–water partition coefficient (Wildman–Crippen LogP) is 4.77. The van der Waals surface area contributed by atoms with Gasteiger partial charge in [-0.3, -0.25) is 14.4 Å². The Kier molecular flexibility index (Phi) is 7.19. The molecular weight excluding hydrogens is 392 g/mol. The van der Waals surface area contributed by atoms with Gasteiger partial charge in [0.15, 0.2) is 11.2 Å². The van der Waals surface area contributed by atoms with Crippen molar-refractivity contribution in [2.24, 2.45) is 5.41 Å². The second-order valence-corrected chi connectivity index (χ2v) is 7.30.